The van der Waals surface area contributed by atoms with E-state index >= 15 is 0 Å². The Kier molecular flexibility index (Phi) is 15.6. The molecule has 0 aromatic rings. The van der Waals surface area contributed by atoms with E-state index in [-0.39, 0.29) is 61.0 Å². The summed E-state index contributed by atoms with van der Waals surface area (Å²) in [5, 5.41) is 44.9. The summed E-state index contributed by atoms with van der Waals surface area (Å²) in [5.74, 6) is -2.07. The Morgan fingerprint density at radius 3 is 1.79 bits per heavy atom. The Balaban J connectivity index is 5.28. The van der Waals surface area contributed by atoms with E-state index in [0.29, 0.717) is 12.8 Å². The van der Waals surface area contributed by atoms with Gasteiger partial charge >= 0.3 is 0 Å². The van der Waals surface area contributed by atoms with Gasteiger partial charge in [-0.3, -0.25) is 19.2 Å². The minimum absolute atomic E-state index is 0.0236. The quantitative estimate of drug-likeness (QED) is 0.157. The summed E-state index contributed by atoms with van der Waals surface area (Å²) in [7, 11) is 0. The molecule has 39 heavy (non-hydrogen) atoms. The number of hydrogen-bond donors (Lipinski definition) is 6. The van der Waals surface area contributed by atoms with Gasteiger partial charge in [-0.1, -0.05) is 62.3 Å². The maximum absolute atomic E-state index is 13.3. The van der Waals surface area contributed by atoms with Crippen molar-refractivity contribution in [2.75, 3.05) is 6.54 Å². The molecule has 0 saturated heterocycles. The number of hydrogen-bond acceptors (Lipinski definition) is 8. The van der Waals surface area contributed by atoms with Gasteiger partial charge < -0.3 is 31.1 Å². The normalized spacial score (nSPS) is 17.1. The zero-order valence-electron chi connectivity index (χ0n) is 25.4. The molecule has 0 spiro atoms. The molecular formula is C29H54N2O8. The first-order chi connectivity index (χ1) is 17.7. The number of ketones is 2. The molecule has 0 saturated carbocycles. The van der Waals surface area contributed by atoms with Crippen LogP contribution >= 0.6 is 0 Å². The fraction of sp³-hybridized carbons (Fsp3) is 0.862. The van der Waals surface area contributed by atoms with Crippen molar-refractivity contribution in [3.05, 3.63) is 0 Å². The Morgan fingerprint density at radius 1 is 0.795 bits per heavy atom. The fourth-order valence-electron chi connectivity index (χ4n) is 4.09. The molecule has 0 aliphatic carbocycles. The number of aliphatic hydroxyl groups excluding tert-OH is 4. The van der Waals surface area contributed by atoms with Gasteiger partial charge in [0.2, 0.25) is 11.8 Å². The zero-order chi connectivity index (χ0) is 30.7. The second-order valence-electron chi connectivity index (χ2n) is 13.2. The van der Waals surface area contributed by atoms with Crippen LogP contribution in [0.1, 0.15) is 101 Å². The molecule has 0 unspecified atom stereocenters. The van der Waals surface area contributed by atoms with Gasteiger partial charge in [0.1, 0.15) is 18.0 Å². The third-order valence-electron chi connectivity index (χ3n) is 6.77. The second kappa shape index (κ2) is 16.4. The average molecular weight is 559 g/mol. The van der Waals surface area contributed by atoms with Gasteiger partial charge in [-0.25, -0.2) is 0 Å². The molecule has 6 N–H and O–H groups in total. The maximum Gasteiger partial charge on any atom is 0.220 e. The highest BCUT2D eigenvalue weighted by Gasteiger charge is 2.35. The topological polar surface area (TPSA) is 173 Å². The smallest absolute Gasteiger partial charge is 0.220 e. The van der Waals surface area contributed by atoms with Crippen LogP contribution in [0.4, 0.5) is 0 Å². The molecule has 6 atom stereocenters. The van der Waals surface area contributed by atoms with E-state index in [2.05, 4.69) is 10.6 Å². The number of carbonyl (C=O) groups excluding carboxylic acids is 4. The first-order valence-corrected chi connectivity index (χ1v) is 14.1. The first kappa shape index (κ1) is 37.1. The van der Waals surface area contributed by atoms with Crippen molar-refractivity contribution in [2.45, 2.75) is 131 Å². The third-order valence-corrected chi connectivity index (χ3v) is 6.77. The summed E-state index contributed by atoms with van der Waals surface area (Å²) in [4.78, 5) is 51.4. The highest BCUT2D eigenvalue weighted by molar-refractivity contribution is 5.94. The van der Waals surface area contributed by atoms with E-state index in [9.17, 15) is 39.6 Å². The molecule has 0 aromatic heterocycles. The standard InChI is InChI=1S/C29H54N2O8/c1-10-19(32)25(37)26(38)21(34)16-30-22(35)12-11-18(27(39)29(7,8)9)15-20(33)24(17(2)3)31-23(36)13-14-28(4,5)6/h17-19,21,24-26,32,34,37-38H,10-16H2,1-9H3,(H,30,35)(H,31,36)/t18-,19-,21+,24+,25-,26-/m1/s1. The summed E-state index contributed by atoms with van der Waals surface area (Å²) in [5.41, 5.74) is -0.772. The summed E-state index contributed by atoms with van der Waals surface area (Å²) >= 11 is 0. The molecule has 2 amide bonds. The lowest BCUT2D eigenvalue weighted by Crippen LogP contribution is -2.48. The number of rotatable bonds is 17. The van der Waals surface area contributed by atoms with Crippen LogP contribution in [0.3, 0.4) is 0 Å². The van der Waals surface area contributed by atoms with Crippen LogP contribution in [0.15, 0.2) is 0 Å². The maximum atomic E-state index is 13.3. The lowest BCUT2D eigenvalue weighted by Gasteiger charge is -2.28. The minimum Gasteiger partial charge on any atom is -0.390 e. The van der Waals surface area contributed by atoms with Crippen LogP contribution in [0.5, 0.6) is 0 Å². The molecule has 0 rings (SSSR count). The van der Waals surface area contributed by atoms with Crippen molar-refractivity contribution in [1.29, 1.82) is 0 Å². The molecule has 0 bridgehead atoms. The molecule has 10 heteroatoms. The Morgan fingerprint density at radius 2 is 1.33 bits per heavy atom. The van der Waals surface area contributed by atoms with Crippen molar-refractivity contribution in [2.24, 2.45) is 22.7 Å². The van der Waals surface area contributed by atoms with Crippen LogP contribution < -0.4 is 10.6 Å². The van der Waals surface area contributed by atoms with Crippen LogP contribution in [-0.2, 0) is 19.2 Å². The van der Waals surface area contributed by atoms with Crippen molar-refractivity contribution < 1.29 is 39.6 Å². The summed E-state index contributed by atoms with van der Waals surface area (Å²) in [6.07, 6.45) is -4.94. The predicted molar refractivity (Wildman–Crippen MR) is 150 cm³/mol. The molecule has 0 radical (unpaired) electrons. The molecule has 10 nitrogen and oxygen atoms in total. The number of Topliss-reactive ketones (excluding diaryl/α,β-unsaturated/α-hetero) is 2. The largest absolute Gasteiger partial charge is 0.390 e. The van der Waals surface area contributed by atoms with Crippen molar-refractivity contribution in [1.82, 2.24) is 10.6 Å². The third kappa shape index (κ3) is 14.4. The van der Waals surface area contributed by atoms with E-state index < -0.39 is 47.7 Å². The Labute approximate surface area is 234 Å². The molecule has 0 aliphatic heterocycles. The van der Waals surface area contributed by atoms with Crippen molar-refractivity contribution in [3.8, 4) is 0 Å². The molecule has 0 aromatic carbocycles. The van der Waals surface area contributed by atoms with Crippen LogP contribution in [0.2, 0.25) is 0 Å². The highest BCUT2D eigenvalue weighted by Crippen LogP contribution is 2.27. The van der Waals surface area contributed by atoms with Crippen molar-refractivity contribution >= 4 is 23.4 Å². The van der Waals surface area contributed by atoms with E-state index in [0.717, 1.165) is 0 Å². The van der Waals surface area contributed by atoms with Gasteiger partial charge in [0.15, 0.2) is 5.78 Å². The van der Waals surface area contributed by atoms with Gasteiger partial charge in [-0.15, -0.1) is 0 Å². The van der Waals surface area contributed by atoms with Gasteiger partial charge in [0.25, 0.3) is 0 Å². The van der Waals surface area contributed by atoms with Gasteiger partial charge in [0.05, 0.1) is 18.2 Å². The van der Waals surface area contributed by atoms with E-state index in [4.69, 9.17) is 0 Å². The molecule has 0 heterocycles. The lowest BCUT2D eigenvalue weighted by molar-refractivity contribution is -0.136. The number of nitrogens with one attached hydrogen (secondary N) is 2. The van der Waals surface area contributed by atoms with E-state index in [1.165, 1.54) is 0 Å². The molecule has 0 aliphatic rings. The van der Waals surface area contributed by atoms with Crippen LogP contribution in [-0.4, -0.2) is 80.8 Å². The average Bonchev–Trinajstić information content (AvgIpc) is 2.83. The van der Waals surface area contributed by atoms with Gasteiger partial charge in [-0.05, 0) is 30.6 Å². The fourth-order valence-corrected chi connectivity index (χ4v) is 4.09. The Bertz CT molecular complexity index is 800. The highest BCUT2D eigenvalue weighted by atomic mass is 16.4. The summed E-state index contributed by atoms with van der Waals surface area (Å²) in [6, 6.07) is -0.747. The van der Waals surface area contributed by atoms with Gasteiger partial charge in [0, 0.05) is 37.1 Å². The minimum atomic E-state index is -1.65. The monoisotopic (exact) mass is 558 g/mol. The predicted octanol–water partition coefficient (Wildman–Crippen LogP) is 1.89. The number of aliphatic hydroxyl groups is 4. The molecule has 0 fully saturated rings. The SMILES string of the molecule is CC[C@@H](O)[C@@H](O)[C@H](O)[C@@H](O)CNC(=O)CC[C@H](CC(=O)[C@@H](NC(=O)CCC(C)(C)C)C(C)C)C(=O)C(C)(C)C. The first-order valence-electron chi connectivity index (χ1n) is 14.1. The Hall–Kier alpha value is -1.88. The summed E-state index contributed by atoms with van der Waals surface area (Å²) < 4.78 is 0. The number of amides is 2. The van der Waals surface area contributed by atoms with E-state index in [1.807, 2.05) is 34.6 Å². The van der Waals surface area contributed by atoms with Gasteiger partial charge in [-0.2, -0.15) is 0 Å². The number of carbonyl (C=O) groups is 4. The second-order valence-corrected chi connectivity index (χ2v) is 13.2. The lowest BCUT2D eigenvalue weighted by atomic mass is 9.77. The molecule has 228 valence electrons. The molecular weight excluding hydrogens is 504 g/mol. The zero-order valence-corrected chi connectivity index (χ0v) is 25.4. The van der Waals surface area contributed by atoms with Crippen LogP contribution in [0, 0.1) is 22.7 Å². The summed E-state index contributed by atoms with van der Waals surface area (Å²) in [6.45, 7) is 16.2. The van der Waals surface area contributed by atoms with E-state index in [1.54, 1.807) is 27.7 Å². The van der Waals surface area contributed by atoms with Crippen LogP contribution in [0.25, 0.3) is 0 Å². The van der Waals surface area contributed by atoms with Crippen molar-refractivity contribution in [3.63, 3.8) is 0 Å².